The Morgan fingerprint density at radius 1 is 1.56 bits per heavy atom. The molecule has 2 unspecified atom stereocenters. The van der Waals surface area contributed by atoms with Gasteiger partial charge in [0.05, 0.1) is 18.9 Å². The van der Waals surface area contributed by atoms with Gasteiger partial charge in [-0.15, -0.1) is 0 Å². The number of aliphatic hydroxyl groups is 1. The summed E-state index contributed by atoms with van der Waals surface area (Å²) in [6, 6.07) is 2.25. The van der Waals surface area contributed by atoms with Gasteiger partial charge in [-0.2, -0.15) is 11.8 Å². The van der Waals surface area contributed by atoms with Gasteiger partial charge in [-0.05, 0) is 43.9 Å². The normalized spacial score (nSPS) is 15.0. The van der Waals surface area contributed by atoms with E-state index in [1.807, 2.05) is 13.0 Å². The van der Waals surface area contributed by atoms with E-state index in [-0.39, 0.29) is 18.7 Å². The van der Waals surface area contributed by atoms with Gasteiger partial charge in [0, 0.05) is 6.04 Å². The lowest BCUT2D eigenvalue weighted by Gasteiger charge is -2.20. The summed E-state index contributed by atoms with van der Waals surface area (Å²) in [4.78, 5) is 0. The second-order valence-electron chi connectivity index (χ2n) is 4.02. The van der Waals surface area contributed by atoms with E-state index in [1.165, 1.54) is 0 Å². The lowest BCUT2D eigenvalue weighted by molar-refractivity contribution is 0.225. The molecule has 92 valence electrons. The topological polar surface area (TPSA) is 45.4 Å². The van der Waals surface area contributed by atoms with Crippen LogP contribution in [0.5, 0.6) is 0 Å². The molecule has 0 aliphatic heterocycles. The fraction of sp³-hybridized carbons (Fsp3) is 0.667. The predicted molar refractivity (Wildman–Crippen MR) is 68.9 cm³/mol. The highest BCUT2D eigenvalue weighted by Gasteiger charge is 2.16. The minimum atomic E-state index is 0.145. The maximum absolute atomic E-state index is 9.27. The molecule has 16 heavy (non-hydrogen) atoms. The Bertz CT molecular complexity index is 301. The number of hydrogen-bond donors (Lipinski definition) is 2. The van der Waals surface area contributed by atoms with E-state index in [0.717, 1.165) is 23.5 Å². The van der Waals surface area contributed by atoms with Crippen molar-refractivity contribution in [1.82, 2.24) is 5.32 Å². The van der Waals surface area contributed by atoms with Gasteiger partial charge in [-0.25, -0.2) is 0 Å². The highest BCUT2D eigenvalue weighted by Crippen LogP contribution is 2.19. The first-order chi connectivity index (χ1) is 7.69. The zero-order valence-corrected chi connectivity index (χ0v) is 11.0. The number of rotatable bonds is 7. The van der Waals surface area contributed by atoms with Crippen LogP contribution in [-0.2, 0) is 0 Å². The number of aliphatic hydroxyl groups excluding tert-OH is 1. The van der Waals surface area contributed by atoms with Gasteiger partial charge in [-0.3, -0.25) is 0 Å². The first-order valence-electron chi connectivity index (χ1n) is 5.58. The lowest BCUT2D eigenvalue weighted by Crippen LogP contribution is -2.35. The summed E-state index contributed by atoms with van der Waals surface area (Å²) in [6.45, 7) is 4.27. The van der Waals surface area contributed by atoms with Crippen molar-refractivity contribution in [3.05, 3.63) is 23.7 Å². The van der Waals surface area contributed by atoms with E-state index in [0.29, 0.717) is 0 Å². The molecule has 0 fully saturated rings. The van der Waals surface area contributed by atoms with Crippen LogP contribution in [0.4, 0.5) is 0 Å². The summed E-state index contributed by atoms with van der Waals surface area (Å²) < 4.78 is 5.43. The Labute approximate surface area is 102 Å². The average molecular weight is 243 g/mol. The van der Waals surface area contributed by atoms with Crippen LogP contribution in [-0.4, -0.2) is 29.8 Å². The van der Waals surface area contributed by atoms with Crippen LogP contribution in [0.2, 0.25) is 0 Å². The standard InChI is InChI=1S/C12H21NO2S/c1-9-4-6-15-12(9)10(2)13-11(8-14)5-7-16-3/h4,6,10-11,13-14H,5,7-8H2,1-3H3. The molecule has 0 spiro atoms. The van der Waals surface area contributed by atoms with Crippen molar-refractivity contribution in [3.63, 3.8) is 0 Å². The van der Waals surface area contributed by atoms with Gasteiger partial charge in [0.25, 0.3) is 0 Å². The number of aryl methyl sites for hydroxylation is 1. The molecule has 2 atom stereocenters. The summed E-state index contributed by atoms with van der Waals surface area (Å²) >= 11 is 1.80. The van der Waals surface area contributed by atoms with Crippen molar-refractivity contribution in [2.45, 2.75) is 32.4 Å². The zero-order valence-electron chi connectivity index (χ0n) is 10.2. The van der Waals surface area contributed by atoms with Gasteiger partial charge in [-0.1, -0.05) is 0 Å². The molecule has 2 N–H and O–H groups in total. The molecule has 0 saturated heterocycles. The van der Waals surface area contributed by atoms with Crippen molar-refractivity contribution in [1.29, 1.82) is 0 Å². The van der Waals surface area contributed by atoms with Crippen molar-refractivity contribution in [3.8, 4) is 0 Å². The maximum Gasteiger partial charge on any atom is 0.123 e. The lowest BCUT2D eigenvalue weighted by atomic mass is 10.1. The van der Waals surface area contributed by atoms with Crippen LogP contribution in [0, 0.1) is 6.92 Å². The van der Waals surface area contributed by atoms with Crippen LogP contribution >= 0.6 is 11.8 Å². The zero-order chi connectivity index (χ0) is 12.0. The molecule has 4 heteroatoms. The third kappa shape index (κ3) is 3.85. The SMILES string of the molecule is CSCCC(CO)NC(C)c1occc1C. The molecular weight excluding hydrogens is 222 g/mol. The number of nitrogens with one attached hydrogen (secondary N) is 1. The fourth-order valence-corrected chi connectivity index (χ4v) is 2.26. The van der Waals surface area contributed by atoms with Gasteiger partial charge < -0.3 is 14.8 Å². The molecule has 1 aromatic heterocycles. The van der Waals surface area contributed by atoms with E-state index in [1.54, 1.807) is 18.0 Å². The number of furan rings is 1. The Balaban J connectivity index is 2.48. The Morgan fingerprint density at radius 2 is 2.31 bits per heavy atom. The van der Waals surface area contributed by atoms with Crippen LogP contribution in [0.15, 0.2) is 16.7 Å². The third-order valence-electron chi connectivity index (χ3n) is 2.67. The Morgan fingerprint density at radius 3 is 2.81 bits per heavy atom. The van der Waals surface area contributed by atoms with Crippen LogP contribution in [0.3, 0.4) is 0 Å². The molecule has 0 aromatic carbocycles. The average Bonchev–Trinajstić information content (AvgIpc) is 2.70. The van der Waals surface area contributed by atoms with E-state index in [2.05, 4.69) is 18.5 Å². The second-order valence-corrected chi connectivity index (χ2v) is 5.00. The fourth-order valence-electron chi connectivity index (χ4n) is 1.74. The number of hydrogen-bond acceptors (Lipinski definition) is 4. The van der Waals surface area contributed by atoms with Gasteiger partial charge in [0.15, 0.2) is 0 Å². The molecule has 1 aromatic rings. The summed E-state index contributed by atoms with van der Waals surface area (Å²) in [5.41, 5.74) is 1.15. The monoisotopic (exact) mass is 243 g/mol. The molecule has 0 aliphatic rings. The molecular formula is C12H21NO2S. The van der Waals surface area contributed by atoms with Crippen molar-refractivity contribution in [2.24, 2.45) is 0 Å². The third-order valence-corrected chi connectivity index (χ3v) is 3.32. The summed E-state index contributed by atoms with van der Waals surface area (Å²) in [6.07, 6.45) is 4.76. The predicted octanol–water partition coefficient (Wildman–Crippen LogP) is 2.35. The minimum Gasteiger partial charge on any atom is -0.467 e. The summed E-state index contributed by atoms with van der Waals surface area (Å²) in [7, 11) is 0. The largest absolute Gasteiger partial charge is 0.467 e. The van der Waals surface area contributed by atoms with Gasteiger partial charge in [0.2, 0.25) is 0 Å². The first kappa shape index (κ1) is 13.6. The molecule has 1 heterocycles. The van der Waals surface area contributed by atoms with E-state index in [4.69, 9.17) is 4.42 Å². The van der Waals surface area contributed by atoms with Crippen LogP contribution < -0.4 is 5.32 Å². The van der Waals surface area contributed by atoms with Crippen molar-refractivity contribution >= 4 is 11.8 Å². The molecule has 0 aliphatic carbocycles. The maximum atomic E-state index is 9.27. The first-order valence-corrected chi connectivity index (χ1v) is 6.98. The molecule has 0 radical (unpaired) electrons. The van der Waals surface area contributed by atoms with Crippen molar-refractivity contribution in [2.75, 3.05) is 18.6 Å². The highest BCUT2D eigenvalue weighted by molar-refractivity contribution is 7.98. The van der Waals surface area contributed by atoms with E-state index >= 15 is 0 Å². The number of thioether (sulfide) groups is 1. The van der Waals surface area contributed by atoms with Gasteiger partial charge in [0.1, 0.15) is 5.76 Å². The summed E-state index contributed by atoms with van der Waals surface area (Å²) in [5.74, 6) is 2.02. The molecule has 0 amide bonds. The Hall–Kier alpha value is -0.450. The second kappa shape index (κ2) is 6.99. The van der Waals surface area contributed by atoms with E-state index < -0.39 is 0 Å². The van der Waals surface area contributed by atoms with E-state index in [9.17, 15) is 5.11 Å². The highest BCUT2D eigenvalue weighted by atomic mass is 32.2. The molecule has 0 saturated carbocycles. The quantitative estimate of drug-likeness (QED) is 0.771. The van der Waals surface area contributed by atoms with Crippen LogP contribution in [0.25, 0.3) is 0 Å². The smallest absolute Gasteiger partial charge is 0.123 e. The molecule has 1 rings (SSSR count). The Kier molecular flexibility index (Phi) is 5.95. The minimum absolute atomic E-state index is 0.145. The molecule has 0 bridgehead atoms. The van der Waals surface area contributed by atoms with Crippen LogP contribution in [0.1, 0.15) is 30.7 Å². The summed E-state index contributed by atoms with van der Waals surface area (Å²) in [5, 5.41) is 12.7. The van der Waals surface area contributed by atoms with Crippen molar-refractivity contribution < 1.29 is 9.52 Å². The molecule has 3 nitrogen and oxygen atoms in total. The van der Waals surface area contributed by atoms with Gasteiger partial charge >= 0.3 is 0 Å².